The molecule has 3 heterocycles. The van der Waals surface area contributed by atoms with Gasteiger partial charge in [0.15, 0.2) is 11.6 Å². The van der Waals surface area contributed by atoms with Gasteiger partial charge in [-0.15, -0.1) is 5.10 Å². The topological polar surface area (TPSA) is 156 Å². The average molecular weight is 483 g/mol. The first-order valence-corrected chi connectivity index (χ1v) is 10.9. The summed E-state index contributed by atoms with van der Waals surface area (Å²) in [4.78, 5) is 23.7. The number of amides is 2. The molecule has 12 heteroatoms. The van der Waals surface area contributed by atoms with Gasteiger partial charge >= 0.3 is 0 Å². The van der Waals surface area contributed by atoms with Crippen molar-refractivity contribution in [2.75, 3.05) is 7.11 Å². The Hall–Kier alpha value is -4.35. The van der Waals surface area contributed by atoms with E-state index in [1.807, 2.05) is 23.6 Å². The molecule has 1 fully saturated rings. The molecule has 35 heavy (non-hydrogen) atoms. The van der Waals surface area contributed by atoms with Crippen LogP contribution in [0.2, 0.25) is 0 Å². The van der Waals surface area contributed by atoms with Gasteiger partial charge in [-0.05, 0) is 59.4 Å². The van der Waals surface area contributed by atoms with Crippen LogP contribution in [-0.4, -0.2) is 49.0 Å². The Kier molecular flexibility index (Phi) is 8.43. The number of nitrogens with zero attached hydrogens (tertiary/aromatic N) is 6. The molecule has 5 rings (SSSR count). The van der Waals surface area contributed by atoms with Gasteiger partial charge in [-0.2, -0.15) is 0 Å². The number of aromatic nitrogens is 6. The fourth-order valence-electron chi connectivity index (χ4n) is 3.55. The molecule has 0 saturated heterocycles. The summed E-state index contributed by atoms with van der Waals surface area (Å²) in [6.07, 6.45) is 8.98. The maximum atomic E-state index is 13.9. The first-order valence-electron chi connectivity index (χ1n) is 10.9. The van der Waals surface area contributed by atoms with Gasteiger partial charge < -0.3 is 20.6 Å². The largest absolute Gasteiger partial charge is 0.494 e. The first kappa shape index (κ1) is 25.3. The standard InChI is InChI=1S/C12H13N3O.C10H11FN4O.CH3NO/c13-11(16)5-10-7-15-6-9(8-1-2-8)3-4-12(15)14-10;1-3-7-8(15-6-12-13-14-15)4-5-9(16-2)10(7)11;2-1-3/h3-4,6-8H,1-2,5H2,(H2,13,16);4-6H,3H2,1-2H3;1H,(H2,2,3). The molecule has 4 aromatic rings. The molecule has 0 atom stereocenters. The second-order valence-corrected chi connectivity index (χ2v) is 7.70. The Balaban J connectivity index is 0.000000176. The lowest BCUT2D eigenvalue weighted by Crippen LogP contribution is -2.13. The Labute approximate surface area is 200 Å². The monoisotopic (exact) mass is 482 g/mol. The number of methoxy groups -OCH3 is 1. The predicted molar refractivity (Wildman–Crippen MR) is 125 cm³/mol. The number of rotatable bonds is 6. The smallest absolute Gasteiger partial charge is 0.223 e. The van der Waals surface area contributed by atoms with E-state index < -0.39 is 0 Å². The van der Waals surface area contributed by atoms with Crippen molar-refractivity contribution in [1.29, 1.82) is 0 Å². The molecule has 1 aromatic carbocycles. The van der Waals surface area contributed by atoms with E-state index in [2.05, 4.69) is 38.5 Å². The summed E-state index contributed by atoms with van der Waals surface area (Å²) >= 11 is 0. The number of fused-ring (bicyclic) bond motifs is 1. The summed E-state index contributed by atoms with van der Waals surface area (Å²) < 4.78 is 22.3. The summed E-state index contributed by atoms with van der Waals surface area (Å²) in [6.45, 7) is 1.87. The van der Waals surface area contributed by atoms with Crippen molar-refractivity contribution in [3.05, 3.63) is 65.6 Å². The molecule has 2 amide bonds. The normalized spacial score (nSPS) is 12.2. The van der Waals surface area contributed by atoms with Gasteiger partial charge in [-0.25, -0.2) is 14.1 Å². The lowest BCUT2D eigenvalue weighted by Gasteiger charge is -2.10. The number of carbonyl (C=O) groups is 2. The highest BCUT2D eigenvalue weighted by Crippen LogP contribution is 2.39. The van der Waals surface area contributed by atoms with Crippen molar-refractivity contribution in [3.63, 3.8) is 0 Å². The van der Waals surface area contributed by atoms with E-state index in [1.165, 1.54) is 36.5 Å². The summed E-state index contributed by atoms with van der Waals surface area (Å²) in [5, 5.41) is 10.8. The zero-order chi connectivity index (χ0) is 25.4. The molecular formula is C23H27FN8O3. The van der Waals surface area contributed by atoms with Gasteiger partial charge in [0.25, 0.3) is 0 Å². The van der Waals surface area contributed by atoms with E-state index in [1.54, 1.807) is 12.1 Å². The third-order valence-corrected chi connectivity index (χ3v) is 5.28. The van der Waals surface area contributed by atoms with Gasteiger partial charge in [-0.3, -0.25) is 9.59 Å². The Morgan fingerprint density at radius 1 is 1.26 bits per heavy atom. The van der Waals surface area contributed by atoms with E-state index in [9.17, 15) is 9.18 Å². The number of imidazole rings is 1. The molecule has 0 bridgehead atoms. The summed E-state index contributed by atoms with van der Waals surface area (Å²) in [7, 11) is 1.44. The second kappa shape index (κ2) is 11.7. The maximum absolute atomic E-state index is 13.9. The van der Waals surface area contributed by atoms with E-state index in [0.717, 1.165) is 17.3 Å². The van der Waals surface area contributed by atoms with Crippen molar-refractivity contribution in [3.8, 4) is 11.4 Å². The summed E-state index contributed by atoms with van der Waals surface area (Å²) in [5.41, 5.74) is 13.4. The molecule has 4 N–H and O–H groups in total. The number of ether oxygens (including phenoxy) is 1. The quantitative estimate of drug-likeness (QED) is 0.396. The van der Waals surface area contributed by atoms with E-state index >= 15 is 0 Å². The fraction of sp³-hybridized carbons (Fsp3) is 0.304. The molecule has 0 spiro atoms. The Morgan fingerprint density at radius 3 is 2.57 bits per heavy atom. The van der Waals surface area contributed by atoms with Crippen LogP contribution in [0.4, 0.5) is 4.39 Å². The van der Waals surface area contributed by atoms with Crippen molar-refractivity contribution in [2.24, 2.45) is 11.5 Å². The molecule has 184 valence electrons. The van der Waals surface area contributed by atoms with Gasteiger partial charge in [0, 0.05) is 18.0 Å². The van der Waals surface area contributed by atoms with Gasteiger partial charge in [0.2, 0.25) is 12.3 Å². The number of pyridine rings is 1. The fourth-order valence-corrected chi connectivity index (χ4v) is 3.55. The molecule has 3 aromatic heterocycles. The van der Waals surface area contributed by atoms with Gasteiger partial charge in [0.1, 0.15) is 12.0 Å². The second-order valence-electron chi connectivity index (χ2n) is 7.70. The minimum absolute atomic E-state index is 0.209. The highest BCUT2D eigenvalue weighted by Gasteiger charge is 2.23. The van der Waals surface area contributed by atoms with Crippen LogP contribution in [0.1, 0.15) is 42.5 Å². The number of hydrogen-bond acceptors (Lipinski definition) is 7. The van der Waals surface area contributed by atoms with Crippen molar-refractivity contribution in [2.45, 2.75) is 38.5 Å². The molecule has 1 saturated carbocycles. The molecular weight excluding hydrogens is 455 g/mol. The average Bonchev–Trinajstić information content (AvgIpc) is 3.38. The van der Waals surface area contributed by atoms with Crippen LogP contribution in [0.3, 0.4) is 0 Å². The van der Waals surface area contributed by atoms with Crippen molar-refractivity contribution >= 4 is 18.0 Å². The number of carbonyl (C=O) groups excluding carboxylic acids is 2. The molecule has 0 radical (unpaired) electrons. The van der Waals surface area contributed by atoms with Gasteiger partial charge in [0.05, 0.1) is 24.9 Å². The van der Waals surface area contributed by atoms with Crippen LogP contribution >= 0.6 is 0 Å². The maximum Gasteiger partial charge on any atom is 0.223 e. The lowest BCUT2D eigenvalue weighted by molar-refractivity contribution is -0.117. The third-order valence-electron chi connectivity index (χ3n) is 5.28. The van der Waals surface area contributed by atoms with Crippen molar-refractivity contribution < 1.29 is 18.7 Å². The number of benzene rings is 1. The Morgan fingerprint density at radius 2 is 2.00 bits per heavy atom. The van der Waals surface area contributed by atoms with Crippen LogP contribution in [0.5, 0.6) is 5.75 Å². The van der Waals surface area contributed by atoms with E-state index in [0.29, 0.717) is 17.7 Å². The van der Waals surface area contributed by atoms with Crippen LogP contribution in [0.15, 0.2) is 43.0 Å². The van der Waals surface area contributed by atoms with Crippen molar-refractivity contribution in [1.82, 2.24) is 29.6 Å². The van der Waals surface area contributed by atoms with Crippen LogP contribution < -0.4 is 16.2 Å². The number of nitrogens with two attached hydrogens (primary N) is 2. The lowest BCUT2D eigenvalue weighted by atomic mass is 10.1. The van der Waals surface area contributed by atoms with E-state index in [4.69, 9.17) is 15.3 Å². The summed E-state index contributed by atoms with van der Waals surface area (Å²) in [5.74, 6) is 0.254. The van der Waals surface area contributed by atoms with Gasteiger partial charge in [-0.1, -0.05) is 13.0 Å². The highest BCUT2D eigenvalue weighted by atomic mass is 19.1. The number of tetrazole rings is 1. The number of hydrogen-bond donors (Lipinski definition) is 2. The number of halogens is 1. The first-order chi connectivity index (χ1) is 16.9. The third kappa shape index (κ3) is 6.37. The Bertz CT molecular complexity index is 1290. The van der Waals surface area contributed by atoms with Crippen LogP contribution in [0.25, 0.3) is 11.3 Å². The zero-order valence-corrected chi connectivity index (χ0v) is 19.5. The highest BCUT2D eigenvalue weighted by molar-refractivity contribution is 5.76. The molecule has 0 unspecified atom stereocenters. The van der Waals surface area contributed by atoms with Crippen LogP contribution in [-0.2, 0) is 22.4 Å². The predicted octanol–water partition coefficient (Wildman–Crippen LogP) is 1.71. The van der Waals surface area contributed by atoms with E-state index in [-0.39, 0.29) is 30.3 Å². The van der Waals surface area contributed by atoms with Crippen LogP contribution in [0, 0.1) is 5.82 Å². The zero-order valence-electron chi connectivity index (χ0n) is 19.5. The molecule has 11 nitrogen and oxygen atoms in total. The molecule has 1 aliphatic rings. The molecule has 0 aliphatic heterocycles. The minimum Gasteiger partial charge on any atom is -0.494 e. The SMILES string of the molecule is CCc1c(-n2cnnn2)ccc(OC)c1F.NC(=O)Cc1cn2cc(C3CC3)ccc2n1.NC=O. The summed E-state index contributed by atoms with van der Waals surface area (Å²) in [6, 6.07) is 7.41. The number of primary amides is 2. The minimum atomic E-state index is -0.363. The molecule has 1 aliphatic carbocycles.